The molecule has 1 aliphatic rings. The summed E-state index contributed by atoms with van der Waals surface area (Å²) in [4.78, 5) is 13.7. The number of nitrogens with zero attached hydrogens (tertiary/aromatic N) is 1. The first-order valence-corrected chi connectivity index (χ1v) is 6.82. The molecule has 1 unspecified atom stereocenters. The van der Waals surface area contributed by atoms with Crippen LogP contribution in [0.15, 0.2) is 28.7 Å². The minimum absolute atomic E-state index is 0.0260. The van der Waals surface area contributed by atoms with Crippen molar-refractivity contribution in [2.45, 2.75) is 12.5 Å². The molecular weight excluding hydrogens is 296 g/mol. The van der Waals surface area contributed by atoms with Gasteiger partial charge >= 0.3 is 0 Å². The van der Waals surface area contributed by atoms with E-state index in [1.54, 1.807) is 4.90 Å². The molecule has 1 saturated heterocycles. The number of benzene rings is 1. The van der Waals surface area contributed by atoms with Gasteiger partial charge in [0.15, 0.2) is 0 Å². The second-order valence-electron chi connectivity index (χ2n) is 4.31. The number of hydrogen-bond acceptors (Lipinski definition) is 3. The molecular formula is C13H17BrN2O2. The lowest BCUT2D eigenvalue weighted by Gasteiger charge is -2.32. The molecule has 1 aromatic rings. The van der Waals surface area contributed by atoms with Crippen LogP contribution in [0.3, 0.4) is 0 Å². The zero-order valence-electron chi connectivity index (χ0n) is 10.4. The number of hydrogen-bond donors (Lipinski definition) is 1. The van der Waals surface area contributed by atoms with Crippen molar-refractivity contribution >= 4 is 27.5 Å². The summed E-state index contributed by atoms with van der Waals surface area (Å²) in [5.41, 5.74) is 0.931. The Kier molecular flexibility index (Phi) is 4.74. The predicted octanol–water partition coefficient (Wildman–Crippen LogP) is 1.79. The van der Waals surface area contributed by atoms with Gasteiger partial charge in [-0.1, -0.05) is 15.9 Å². The molecule has 0 bridgehead atoms. The first kappa shape index (κ1) is 13.5. The molecule has 1 heterocycles. The van der Waals surface area contributed by atoms with E-state index in [0.29, 0.717) is 6.54 Å². The Bertz CT molecular complexity index is 408. The van der Waals surface area contributed by atoms with Crippen molar-refractivity contribution in [3.05, 3.63) is 28.7 Å². The molecule has 1 aromatic carbocycles. The predicted molar refractivity (Wildman–Crippen MR) is 74.8 cm³/mol. The van der Waals surface area contributed by atoms with Crippen molar-refractivity contribution in [2.24, 2.45) is 0 Å². The summed E-state index contributed by atoms with van der Waals surface area (Å²) in [5, 5.41) is 3.10. The van der Waals surface area contributed by atoms with E-state index in [0.717, 1.165) is 23.1 Å². The van der Waals surface area contributed by atoms with Gasteiger partial charge in [0.2, 0.25) is 0 Å². The largest absolute Gasteiger partial charge is 0.366 e. The maximum atomic E-state index is 11.9. The Balaban J connectivity index is 2.05. The molecule has 4 nitrogen and oxygen atoms in total. The number of amides is 1. The topological polar surface area (TPSA) is 41.6 Å². The second-order valence-corrected chi connectivity index (χ2v) is 5.22. The van der Waals surface area contributed by atoms with E-state index < -0.39 is 0 Å². The van der Waals surface area contributed by atoms with E-state index in [-0.39, 0.29) is 18.6 Å². The monoisotopic (exact) mass is 312 g/mol. The highest BCUT2D eigenvalue weighted by atomic mass is 79.9. The molecule has 5 heteroatoms. The summed E-state index contributed by atoms with van der Waals surface area (Å²) in [6, 6.07) is 7.78. The fraction of sp³-hybridized carbons (Fsp3) is 0.462. The molecule has 1 aliphatic heterocycles. The Morgan fingerprint density at radius 3 is 2.83 bits per heavy atom. The van der Waals surface area contributed by atoms with Gasteiger partial charge in [0.1, 0.15) is 6.61 Å². The number of morpholine rings is 1. The van der Waals surface area contributed by atoms with Crippen molar-refractivity contribution in [2.75, 3.05) is 31.6 Å². The molecule has 0 spiro atoms. The highest BCUT2D eigenvalue weighted by molar-refractivity contribution is 9.10. The minimum atomic E-state index is 0.0260. The van der Waals surface area contributed by atoms with Gasteiger partial charge in [0, 0.05) is 10.2 Å². The molecule has 2 rings (SSSR count). The van der Waals surface area contributed by atoms with Gasteiger partial charge in [-0.25, -0.2) is 0 Å². The van der Waals surface area contributed by atoms with Crippen molar-refractivity contribution in [3.63, 3.8) is 0 Å². The van der Waals surface area contributed by atoms with Crippen LogP contribution in [0.5, 0.6) is 0 Å². The zero-order valence-corrected chi connectivity index (χ0v) is 11.9. The van der Waals surface area contributed by atoms with Gasteiger partial charge in [0.25, 0.3) is 5.91 Å². The fourth-order valence-electron chi connectivity index (χ4n) is 1.98. The van der Waals surface area contributed by atoms with Crippen LogP contribution in [0.4, 0.5) is 5.69 Å². The van der Waals surface area contributed by atoms with E-state index in [4.69, 9.17) is 4.74 Å². The summed E-state index contributed by atoms with van der Waals surface area (Å²) in [6.45, 7) is 1.69. The van der Waals surface area contributed by atoms with E-state index in [2.05, 4.69) is 21.2 Å². The summed E-state index contributed by atoms with van der Waals surface area (Å²) in [7, 11) is 1.92. The molecule has 0 saturated carbocycles. The van der Waals surface area contributed by atoms with E-state index >= 15 is 0 Å². The normalized spacial score (nSPS) is 20.2. The zero-order chi connectivity index (χ0) is 13.0. The molecule has 1 amide bonds. The van der Waals surface area contributed by atoms with Crippen LogP contribution in [0.2, 0.25) is 0 Å². The molecule has 0 radical (unpaired) electrons. The van der Waals surface area contributed by atoms with Gasteiger partial charge in [-0.15, -0.1) is 0 Å². The lowest BCUT2D eigenvalue weighted by molar-refractivity contribution is -0.129. The van der Waals surface area contributed by atoms with Crippen LogP contribution in [0.25, 0.3) is 0 Å². The van der Waals surface area contributed by atoms with E-state index in [9.17, 15) is 4.79 Å². The first-order chi connectivity index (χ1) is 8.70. The van der Waals surface area contributed by atoms with Crippen molar-refractivity contribution in [1.29, 1.82) is 0 Å². The summed E-state index contributed by atoms with van der Waals surface area (Å²) >= 11 is 3.39. The fourth-order valence-corrected chi connectivity index (χ4v) is 2.24. The van der Waals surface area contributed by atoms with Crippen molar-refractivity contribution in [3.8, 4) is 0 Å². The smallest absolute Gasteiger partial charge is 0.253 e. The lowest BCUT2D eigenvalue weighted by atomic mass is 10.2. The highest BCUT2D eigenvalue weighted by Crippen LogP contribution is 2.21. The maximum Gasteiger partial charge on any atom is 0.253 e. The van der Waals surface area contributed by atoms with Gasteiger partial charge in [-0.3, -0.25) is 4.79 Å². The maximum absolute atomic E-state index is 11.9. The van der Waals surface area contributed by atoms with Gasteiger partial charge in [-0.2, -0.15) is 0 Å². The average Bonchev–Trinajstić information content (AvgIpc) is 2.39. The number of halogens is 1. The third kappa shape index (κ3) is 3.31. The van der Waals surface area contributed by atoms with Gasteiger partial charge < -0.3 is 15.0 Å². The summed E-state index contributed by atoms with van der Waals surface area (Å²) in [5.74, 6) is 0.0260. The number of carbonyl (C=O) groups excluding carboxylic acids is 1. The standard InChI is InChI=1S/C13H17BrN2O2/c1-15-7-6-12-8-16(13(17)9-18-12)11-4-2-10(14)3-5-11/h2-5,12,15H,6-9H2,1H3. The number of carbonyl (C=O) groups is 1. The average molecular weight is 313 g/mol. The summed E-state index contributed by atoms with van der Waals surface area (Å²) < 4.78 is 6.54. The highest BCUT2D eigenvalue weighted by Gasteiger charge is 2.26. The lowest BCUT2D eigenvalue weighted by Crippen LogP contribution is -2.47. The Labute approximate surface area is 115 Å². The van der Waals surface area contributed by atoms with Crippen LogP contribution in [-0.2, 0) is 9.53 Å². The van der Waals surface area contributed by atoms with Crippen LogP contribution >= 0.6 is 15.9 Å². The Morgan fingerprint density at radius 2 is 2.17 bits per heavy atom. The third-order valence-corrected chi connectivity index (χ3v) is 3.51. The number of rotatable bonds is 4. The number of nitrogens with one attached hydrogen (secondary N) is 1. The van der Waals surface area contributed by atoms with Gasteiger partial charge in [-0.05, 0) is 44.3 Å². The van der Waals surface area contributed by atoms with Crippen LogP contribution in [0.1, 0.15) is 6.42 Å². The molecule has 98 valence electrons. The number of anilines is 1. The molecule has 1 N–H and O–H groups in total. The van der Waals surface area contributed by atoms with Crippen LogP contribution in [-0.4, -0.2) is 38.8 Å². The molecule has 0 aromatic heterocycles. The SMILES string of the molecule is CNCCC1CN(c2ccc(Br)cc2)C(=O)CO1. The first-order valence-electron chi connectivity index (χ1n) is 6.03. The van der Waals surface area contributed by atoms with Crippen molar-refractivity contribution in [1.82, 2.24) is 5.32 Å². The molecule has 0 aliphatic carbocycles. The van der Waals surface area contributed by atoms with Crippen LogP contribution in [0, 0.1) is 0 Å². The summed E-state index contributed by atoms with van der Waals surface area (Å²) in [6.07, 6.45) is 1.02. The third-order valence-electron chi connectivity index (χ3n) is 2.98. The molecule has 18 heavy (non-hydrogen) atoms. The van der Waals surface area contributed by atoms with Crippen LogP contribution < -0.4 is 10.2 Å². The number of ether oxygens (including phenoxy) is 1. The quantitative estimate of drug-likeness (QED) is 0.921. The molecule has 1 atom stereocenters. The van der Waals surface area contributed by atoms with Gasteiger partial charge in [0.05, 0.1) is 12.6 Å². The minimum Gasteiger partial charge on any atom is -0.366 e. The van der Waals surface area contributed by atoms with E-state index in [1.165, 1.54) is 0 Å². The van der Waals surface area contributed by atoms with Crippen molar-refractivity contribution < 1.29 is 9.53 Å². The second kappa shape index (κ2) is 6.31. The van der Waals surface area contributed by atoms with E-state index in [1.807, 2.05) is 31.3 Å². The Morgan fingerprint density at radius 1 is 1.44 bits per heavy atom. The molecule has 1 fully saturated rings. The Hall–Kier alpha value is -0.910.